The molecule has 26 heavy (non-hydrogen) atoms. The molecule has 0 aromatic heterocycles. The van der Waals surface area contributed by atoms with E-state index in [0.717, 1.165) is 17.7 Å². The van der Waals surface area contributed by atoms with Crippen LogP contribution in [0.15, 0.2) is 53.2 Å². The summed E-state index contributed by atoms with van der Waals surface area (Å²) in [6, 6.07) is 13.1. The fourth-order valence-electron chi connectivity index (χ4n) is 2.69. The van der Waals surface area contributed by atoms with E-state index in [1.165, 1.54) is 0 Å². The van der Waals surface area contributed by atoms with Crippen molar-refractivity contribution < 1.29 is 14.3 Å². The van der Waals surface area contributed by atoms with Gasteiger partial charge in [0.1, 0.15) is 23.0 Å². The van der Waals surface area contributed by atoms with E-state index in [-0.39, 0.29) is 5.91 Å². The number of aryl methyl sites for hydroxylation is 1. The predicted octanol–water partition coefficient (Wildman–Crippen LogP) is 3.86. The molecule has 0 aliphatic carbocycles. The molecule has 0 fully saturated rings. The molecule has 1 aliphatic rings. The van der Waals surface area contributed by atoms with E-state index >= 15 is 0 Å². The Morgan fingerprint density at radius 3 is 2.73 bits per heavy atom. The van der Waals surface area contributed by atoms with Crippen LogP contribution in [0, 0.1) is 0 Å². The van der Waals surface area contributed by atoms with Crippen LogP contribution in [0.4, 0.5) is 0 Å². The summed E-state index contributed by atoms with van der Waals surface area (Å²) < 4.78 is 10.5. The highest BCUT2D eigenvalue weighted by Crippen LogP contribution is 2.26. The first-order chi connectivity index (χ1) is 12.6. The first kappa shape index (κ1) is 18.0. The van der Waals surface area contributed by atoms with Crippen LogP contribution in [0.25, 0.3) is 6.08 Å². The first-order valence-electron chi connectivity index (χ1n) is 8.16. The van der Waals surface area contributed by atoms with Crippen LogP contribution in [0.3, 0.4) is 0 Å². The fourth-order valence-corrected chi connectivity index (χ4v) is 2.87. The van der Waals surface area contributed by atoms with Crippen LogP contribution >= 0.6 is 11.6 Å². The van der Waals surface area contributed by atoms with Crippen molar-refractivity contribution in [2.24, 2.45) is 4.99 Å². The Balaban J connectivity index is 1.75. The van der Waals surface area contributed by atoms with Crippen molar-refractivity contribution in [1.82, 2.24) is 5.32 Å². The van der Waals surface area contributed by atoms with E-state index in [1.54, 1.807) is 38.5 Å². The lowest BCUT2D eigenvalue weighted by Gasteiger charge is -2.05. The highest BCUT2D eigenvalue weighted by molar-refractivity contribution is 6.30. The van der Waals surface area contributed by atoms with Crippen molar-refractivity contribution in [3.05, 3.63) is 64.3 Å². The molecule has 0 saturated heterocycles. The number of halogens is 1. The largest absolute Gasteiger partial charge is 0.497 e. The second-order valence-corrected chi connectivity index (χ2v) is 6.22. The monoisotopic (exact) mass is 370 g/mol. The number of hydrogen-bond acceptors (Lipinski definition) is 4. The van der Waals surface area contributed by atoms with Gasteiger partial charge >= 0.3 is 0 Å². The number of ether oxygens (including phenoxy) is 2. The molecule has 0 saturated carbocycles. The summed E-state index contributed by atoms with van der Waals surface area (Å²) in [5.74, 6) is 1.86. The summed E-state index contributed by atoms with van der Waals surface area (Å²) in [7, 11) is 3.21. The zero-order chi connectivity index (χ0) is 18.5. The third kappa shape index (κ3) is 4.24. The second kappa shape index (κ2) is 8.06. The number of nitrogens with one attached hydrogen (secondary N) is 1. The third-order valence-electron chi connectivity index (χ3n) is 4.01. The van der Waals surface area contributed by atoms with Crippen molar-refractivity contribution >= 4 is 29.4 Å². The maximum atomic E-state index is 12.2. The Labute approximate surface area is 157 Å². The molecule has 0 spiro atoms. The molecule has 134 valence electrons. The maximum Gasteiger partial charge on any atom is 0.275 e. The van der Waals surface area contributed by atoms with E-state index in [4.69, 9.17) is 21.1 Å². The predicted molar refractivity (Wildman–Crippen MR) is 103 cm³/mol. The standard InChI is InChI=1S/C20H19ClN2O3/c1-25-16-5-3-4-13(10-16)6-9-19-22-17(20(24)23-19)12-14-11-15(21)7-8-18(14)26-2/h3-5,7-8,10-12H,6,9H2,1-2H3,(H,22,23,24)/b17-12+. The van der Waals surface area contributed by atoms with Gasteiger partial charge in [-0.3, -0.25) is 4.79 Å². The SMILES string of the molecule is COc1cccc(CCC2=N/C(=C/c3cc(Cl)ccc3OC)C(=O)N2)c1. The average Bonchev–Trinajstić information content (AvgIpc) is 3.00. The first-order valence-corrected chi connectivity index (χ1v) is 8.54. The second-order valence-electron chi connectivity index (χ2n) is 5.78. The summed E-state index contributed by atoms with van der Waals surface area (Å²) in [5.41, 5.74) is 2.17. The zero-order valence-corrected chi connectivity index (χ0v) is 15.3. The molecule has 1 aliphatic heterocycles. The quantitative estimate of drug-likeness (QED) is 0.785. The number of rotatable bonds is 6. The van der Waals surface area contributed by atoms with Crippen molar-refractivity contribution in [2.45, 2.75) is 12.8 Å². The molecule has 2 aromatic rings. The van der Waals surface area contributed by atoms with E-state index < -0.39 is 0 Å². The molecule has 0 radical (unpaired) electrons. The number of aliphatic imine (C=N–C) groups is 1. The normalized spacial score (nSPS) is 15.0. The van der Waals surface area contributed by atoms with Gasteiger partial charge in [0.05, 0.1) is 14.2 Å². The van der Waals surface area contributed by atoms with Gasteiger partial charge in [0.2, 0.25) is 0 Å². The molecule has 2 aromatic carbocycles. The Morgan fingerprint density at radius 1 is 1.12 bits per heavy atom. The van der Waals surface area contributed by atoms with Crippen molar-refractivity contribution in [2.75, 3.05) is 14.2 Å². The molecular weight excluding hydrogens is 352 g/mol. The lowest BCUT2D eigenvalue weighted by Crippen LogP contribution is -2.24. The topological polar surface area (TPSA) is 59.9 Å². The number of carbonyl (C=O) groups excluding carboxylic acids is 1. The van der Waals surface area contributed by atoms with Crippen LogP contribution in [-0.2, 0) is 11.2 Å². The van der Waals surface area contributed by atoms with E-state index in [9.17, 15) is 4.79 Å². The Morgan fingerprint density at radius 2 is 1.96 bits per heavy atom. The van der Waals surface area contributed by atoms with Crippen LogP contribution in [0.5, 0.6) is 11.5 Å². The summed E-state index contributed by atoms with van der Waals surface area (Å²) in [6.07, 6.45) is 3.06. The molecular formula is C20H19ClN2O3. The average molecular weight is 371 g/mol. The number of amidine groups is 1. The zero-order valence-electron chi connectivity index (χ0n) is 14.6. The minimum atomic E-state index is -0.229. The molecule has 0 unspecified atom stereocenters. The van der Waals surface area contributed by atoms with Gasteiger partial charge in [-0.2, -0.15) is 0 Å². The maximum absolute atomic E-state index is 12.2. The smallest absolute Gasteiger partial charge is 0.275 e. The summed E-state index contributed by atoms with van der Waals surface area (Å²) in [4.78, 5) is 16.6. The Hall–Kier alpha value is -2.79. The number of benzene rings is 2. The molecule has 0 atom stereocenters. The number of nitrogens with zero attached hydrogens (tertiary/aromatic N) is 1. The number of amides is 1. The van der Waals surface area contributed by atoms with E-state index in [2.05, 4.69) is 10.3 Å². The van der Waals surface area contributed by atoms with Crippen molar-refractivity contribution in [1.29, 1.82) is 0 Å². The van der Waals surface area contributed by atoms with Gasteiger partial charge in [-0.25, -0.2) is 4.99 Å². The van der Waals surface area contributed by atoms with Gasteiger partial charge < -0.3 is 14.8 Å². The number of methoxy groups -OCH3 is 2. The molecule has 3 rings (SSSR count). The summed E-state index contributed by atoms with van der Waals surface area (Å²) in [5, 5.41) is 3.38. The summed E-state index contributed by atoms with van der Waals surface area (Å²) in [6.45, 7) is 0. The van der Waals surface area contributed by atoms with Crippen molar-refractivity contribution in [3.8, 4) is 11.5 Å². The van der Waals surface area contributed by atoms with Crippen LogP contribution in [-0.4, -0.2) is 26.0 Å². The molecule has 6 heteroatoms. The number of carbonyl (C=O) groups is 1. The van der Waals surface area contributed by atoms with E-state index in [0.29, 0.717) is 34.3 Å². The van der Waals surface area contributed by atoms with E-state index in [1.807, 2.05) is 24.3 Å². The summed E-state index contributed by atoms with van der Waals surface area (Å²) >= 11 is 6.04. The Kier molecular flexibility index (Phi) is 5.58. The van der Waals surface area contributed by atoms with Crippen molar-refractivity contribution in [3.63, 3.8) is 0 Å². The van der Waals surface area contributed by atoms with Gasteiger partial charge in [-0.1, -0.05) is 23.7 Å². The van der Waals surface area contributed by atoms with Gasteiger partial charge in [-0.15, -0.1) is 0 Å². The van der Waals surface area contributed by atoms with Gasteiger partial charge in [-0.05, 0) is 48.4 Å². The molecule has 1 heterocycles. The minimum Gasteiger partial charge on any atom is -0.497 e. The van der Waals surface area contributed by atoms with Gasteiger partial charge in [0.25, 0.3) is 5.91 Å². The number of hydrogen-bond donors (Lipinski definition) is 1. The van der Waals surface area contributed by atoms with Crippen LogP contribution < -0.4 is 14.8 Å². The molecule has 5 nitrogen and oxygen atoms in total. The van der Waals surface area contributed by atoms with Crippen LogP contribution in [0.1, 0.15) is 17.5 Å². The molecule has 0 bridgehead atoms. The highest BCUT2D eigenvalue weighted by atomic mass is 35.5. The highest BCUT2D eigenvalue weighted by Gasteiger charge is 2.20. The third-order valence-corrected chi connectivity index (χ3v) is 4.25. The van der Waals surface area contributed by atoms with Gasteiger partial charge in [0.15, 0.2) is 0 Å². The lowest BCUT2D eigenvalue weighted by atomic mass is 10.1. The molecule has 1 amide bonds. The Bertz CT molecular complexity index is 890. The molecule has 1 N–H and O–H groups in total. The lowest BCUT2D eigenvalue weighted by molar-refractivity contribution is -0.115. The fraction of sp³-hybridized carbons (Fsp3) is 0.200. The minimum absolute atomic E-state index is 0.229. The van der Waals surface area contributed by atoms with Gasteiger partial charge in [0, 0.05) is 17.0 Å². The van der Waals surface area contributed by atoms with Crippen LogP contribution in [0.2, 0.25) is 5.02 Å².